The molecular formula is C24H40N2O4. The van der Waals surface area contributed by atoms with Crippen LogP contribution in [0.2, 0.25) is 0 Å². The lowest BCUT2D eigenvalue weighted by Crippen LogP contribution is -2.30. The van der Waals surface area contributed by atoms with Crippen LogP contribution < -0.4 is 11.1 Å². The standard InChI is InChI=1S/C17H23NO4.C4H9N.C3H8/c1-12(2)15(19)21-11-13(3)22-16(20)18-14-8-6-7-9-17(4,5)10-14;1-3-4(2)5;1-3-2/h6-10,13H,1,11H2,2-5H3,(H,18,20);3H,5H2,1-2H3;3H2,1-2H3/b;4-3-;. The molecular weight excluding hydrogens is 380 g/mol. The predicted octanol–water partition coefficient (Wildman–Crippen LogP) is 5.54. The molecule has 1 aliphatic carbocycles. The molecule has 1 amide bonds. The second kappa shape index (κ2) is 16.1. The summed E-state index contributed by atoms with van der Waals surface area (Å²) in [4.78, 5) is 23.1. The van der Waals surface area contributed by atoms with Crippen LogP contribution in [0.25, 0.3) is 0 Å². The summed E-state index contributed by atoms with van der Waals surface area (Å²) < 4.78 is 10.1. The van der Waals surface area contributed by atoms with Crippen molar-refractivity contribution in [2.75, 3.05) is 6.61 Å². The first kappa shape index (κ1) is 29.4. The van der Waals surface area contributed by atoms with E-state index < -0.39 is 18.2 Å². The van der Waals surface area contributed by atoms with Crippen molar-refractivity contribution < 1.29 is 19.1 Å². The molecule has 3 N–H and O–H groups in total. The molecule has 0 saturated heterocycles. The van der Waals surface area contributed by atoms with Crippen LogP contribution in [0.1, 0.15) is 61.8 Å². The molecule has 6 nitrogen and oxygen atoms in total. The van der Waals surface area contributed by atoms with Gasteiger partial charge in [-0.05, 0) is 33.8 Å². The number of carbonyl (C=O) groups excluding carboxylic acids is 2. The molecule has 0 fully saturated rings. The minimum absolute atomic E-state index is 0.0128. The maximum Gasteiger partial charge on any atom is 0.411 e. The number of hydrogen-bond donors (Lipinski definition) is 2. The minimum atomic E-state index is -0.590. The van der Waals surface area contributed by atoms with Crippen LogP contribution in [0.4, 0.5) is 4.79 Å². The molecule has 1 aliphatic rings. The van der Waals surface area contributed by atoms with E-state index in [1.165, 1.54) is 6.42 Å². The normalized spacial score (nSPS) is 15.1. The van der Waals surface area contributed by atoms with Crippen LogP contribution in [0.15, 0.2) is 60.0 Å². The fourth-order valence-electron chi connectivity index (χ4n) is 1.72. The van der Waals surface area contributed by atoms with Gasteiger partial charge in [-0.1, -0.05) is 71.1 Å². The molecule has 170 valence electrons. The van der Waals surface area contributed by atoms with Gasteiger partial charge in [0.15, 0.2) is 0 Å². The Hall–Kier alpha value is -2.76. The van der Waals surface area contributed by atoms with Gasteiger partial charge in [-0.2, -0.15) is 0 Å². The number of nitrogens with one attached hydrogen (secondary N) is 1. The number of carbonyl (C=O) groups is 2. The zero-order valence-corrected chi connectivity index (χ0v) is 19.9. The van der Waals surface area contributed by atoms with Crippen molar-refractivity contribution in [3.8, 4) is 0 Å². The summed E-state index contributed by atoms with van der Waals surface area (Å²) in [5.41, 5.74) is 6.84. The smallest absolute Gasteiger partial charge is 0.411 e. The largest absolute Gasteiger partial charge is 0.458 e. The summed E-state index contributed by atoms with van der Waals surface area (Å²) in [5.74, 6) is -0.502. The third kappa shape index (κ3) is 17.3. The van der Waals surface area contributed by atoms with Crippen molar-refractivity contribution in [1.29, 1.82) is 0 Å². The quantitative estimate of drug-likeness (QED) is 0.450. The Morgan fingerprint density at radius 2 is 1.80 bits per heavy atom. The van der Waals surface area contributed by atoms with Crippen molar-refractivity contribution in [2.24, 2.45) is 11.1 Å². The van der Waals surface area contributed by atoms with Crippen LogP contribution in [0.5, 0.6) is 0 Å². The summed E-state index contributed by atoms with van der Waals surface area (Å²) in [6.07, 6.45) is 11.5. The molecule has 0 aromatic rings. The molecule has 6 heteroatoms. The highest BCUT2D eigenvalue weighted by Gasteiger charge is 2.16. The summed E-state index contributed by atoms with van der Waals surface area (Å²) in [7, 11) is 0. The van der Waals surface area contributed by atoms with Gasteiger partial charge in [0.25, 0.3) is 0 Å². The summed E-state index contributed by atoms with van der Waals surface area (Å²) in [6.45, 7) is 18.8. The minimum Gasteiger partial charge on any atom is -0.458 e. The maximum atomic E-state index is 11.8. The third-order valence-electron chi connectivity index (χ3n) is 3.25. The Kier molecular flexibility index (Phi) is 15.8. The number of hydrogen-bond acceptors (Lipinski definition) is 5. The van der Waals surface area contributed by atoms with Crippen molar-refractivity contribution in [3.05, 3.63) is 60.0 Å². The molecule has 1 rings (SSSR count). The van der Waals surface area contributed by atoms with E-state index in [-0.39, 0.29) is 12.0 Å². The Labute approximate surface area is 182 Å². The van der Waals surface area contributed by atoms with E-state index in [1.807, 2.05) is 58.1 Å². The maximum absolute atomic E-state index is 11.8. The summed E-state index contributed by atoms with van der Waals surface area (Å²) >= 11 is 0. The van der Waals surface area contributed by atoms with Crippen molar-refractivity contribution in [2.45, 2.75) is 67.9 Å². The SMILES string of the molecule is C/C=C(/C)N.C=C(C)C(=O)OCC(C)OC(=O)NC1=CC(C)(C)C=CC=C1.CCC. The van der Waals surface area contributed by atoms with Gasteiger partial charge in [0.2, 0.25) is 0 Å². The second-order valence-corrected chi connectivity index (χ2v) is 7.60. The van der Waals surface area contributed by atoms with Crippen LogP contribution in [0, 0.1) is 5.41 Å². The van der Waals surface area contributed by atoms with Crippen LogP contribution in [0.3, 0.4) is 0 Å². The zero-order valence-electron chi connectivity index (χ0n) is 19.9. The summed E-state index contributed by atoms with van der Waals surface area (Å²) in [6, 6.07) is 0. The molecule has 1 atom stereocenters. The number of nitrogens with two attached hydrogens (primary N) is 1. The van der Waals surface area contributed by atoms with Gasteiger partial charge in [-0.3, -0.25) is 5.32 Å². The molecule has 30 heavy (non-hydrogen) atoms. The van der Waals surface area contributed by atoms with E-state index in [9.17, 15) is 9.59 Å². The molecule has 0 aromatic carbocycles. The lowest BCUT2D eigenvalue weighted by atomic mass is 9.92. The fraction of sp³-hybridized carbons (Fsp3) is 0.500. The van der Waals surface area contributed by atoms with Gasteiger partial charge in [-0.15, -0.1) is 0 Å². The number of alkyl carbamates (subject to hydrolysis) is 1. The first-order chi connectivity index (χ1) is 13.9. The molecule has 0 bridgehead atoms. The van der Waals surface area contributed by atoms with Gasteiger partial charge in [-0.25, -0.2) is 9.59 Å². The number of rotatable bonds is 5. The highest BCUT2D eigenvalue weighted by atomic mass is 16.6. The highest BCUT2D eigenvalue weighted by Crippen LogP contribution is 2.23. The van der Waals surface area contributed by atoms with E-state index >= 15 is 0 Å². The Morgan fingerprint density at radius 3 is 2.27 bits per heavy atom. The van der Waals surface area contributed by atoms with Gasteiger partial charge in [0, 0.05) is 22.4 Å². The van der Waals surface area contributed by atoms with Gasteiger partial charge in [0.05, 0.1) is 0 Å². The third-order valence-corrected chi connectivity index (χ3v) is 3.25. The Balaban J connectivity index is 0. The zero-order chi connectivity index (χ0) is 23.7. The first-order valence-electron chi connectivity index (χ1n) is 10.2. The molecule has 0 spiro atoms. The van der Waals surface area contributed by atoms with E-state index in [4.69, 9.17) is 15.2 Å². The van der Waals surface area contributed by atoms with Gasteiger partial charge < -0.3 is 15.2 Å². The lowest BCUT2D eigenvalue weighted by Gasteiger charge is -2.17. The molecule has 0 aliphatic heterocycles. The number of esters is 1. The van der Waals surface area contributed by atoms with Crippen LogP contribution in [-0.4, -0.2) is 24.8 Å². The average molecular weight is 421 g/mol. The van der Waals surface area contributed by atoms with Crippen LogP contribution in [-0.2, 0) is 14.3 Å². The Morgan fingerprint density at radius 1 is 1.27 bits per heavy atom. The molecule has 0 radical (unpaired) electrons. The number of allylic oxidation sites excluding steroid dienone is 7. The predicted molar refractivity (Wildman–Crippen MR) is 125 cm³/mol. The molecule has 0 heterocycles. The first-order valence-corrected chi connectivity index (χ1v) is 10.2. The second-order valence-electron chi connectivity index (χ2n) is 7.60. The van der Waals surface area contributed by atoms with Crippen molar-refractivity contribution in [1.82, 2.24) is 5.32 Å². The lowest BCUT2D eigenvalue weighted by molar-refractivity contribution is -0.141. The molecule has 1 unspecified atom stereocenters. The van der Waals surface area contributed by atoms with Crippen LogP contribution >= 0.6 is 0 Å². The van der Waals surface area contributed by atoms with E-state index in [2.05, 4.69) is 25.7 Å². The van der Waals surface area contributed by atoms with Gasteiger partial charge >= 0.3 is 12.1 Å². The average Bonchev–Trinajstić information content (AvgIpc) is 2.80. The monoisotopic (exact) mass is 420 g/mol. The Bertz CT molecular complexity index is 667. The molecule has 0 aromatic heterocycles. The number of ether oxygens (including phenoxy) is 2. The summed E-state index contributed by atoms with van der Waals surface area (Å²) in [5, 5.41) is 2.67. The highest BCUT2D eigenvalue weighted by molar-refractivity contribution is 5.86. The van der Waals surface area contributed by atoms with E-state index in [1.54, 1.807) is 19.9 Å². The number of amides is 1. The van der Waals surface area contributed by atoms with Crippen molar-refractivity contribution in [3.63, 3.8) is 0 Å². The van der Waals surface area contributed by atoms with E-state index in [0.29, 0.717) is 11.3 Å². The topological polar surface area (TPSA) is 90.7 Å². The van der Waals surface area contributed by atoms with Crippen molar-refractivity contribution >= 4 is 12.1 Å². The molecule has 0 saturated carbocycles. The van der Waals surface area contributed by atoms with Gasteiger partial charge in [0.1, 0.15) is 12.7 Å². The van der Waals surface area contributed by atoms with E-state index in [0.717, 1.165) is 5.70 Å². The fourth-order valence-corrected chi connectivity index (χ4v) is 1.72.